The largest absolute Gasteiger partial charge is 0.361 e. The Morgan fingerprint density at radius 1 is 1.15 bits per heavy atom. The molecule has 3 atom stereocenters. The summed E-state index contributed by atoms with van der Waals surface area (Å²) in [6, 6.07) is 9.49. The summed E-state index contributed by atoms with van der Waals surface area (Å²) in [6.07, 6.45) is 5.12. The zero-order valence-corrected chi connectivity index (χ0v) is 15.5. The number of fused-ring (bicyclic) bond motifs is 1. The molecule has 1 aliphatic carbocycles. The first-order valence-corrected chi connectivity index (χ1v) is 9.97. The third-order valence-corrected chi connectivity index (χ3v) is 6.29. The summed E-state index contributed by atoms with van der Waals surface area (Å²) >= 11 is 1.61. The van der Waals surface area contributed by atoms with Crippen LogP contribution in [0.5, 0.6) is 0 Å². The van der Waals surface area contributed by atoms with E-state index in [-0.39, 0.29) is 5.91 Å². The molecule has 27 heavy (non-hydrogen) atoms. The van der Waals surface area contributed by atoms with E-state index in [1.165, 1.54) is 0 Å². The number of pyridine rings is 2. The maximum absolute atomic E-state index is 12.5. The number of nitrogens with zero attached hydrogens (tertiary/aromatic N) is 4. The molecule has 1 aliphatic heterocycles. The van der Waals surface area contributed by atoms with Gasteiger partial charge in [-0.05, 0) is 42.0 Å². The highest BCUT2D eigenvalue weighted by Crippen LogP contribution is 2.51. The van der Waals surface area contributed by atoms with Crippen LogP contribution in [0, 0.1) is 17.8 Å². The fourth-order valence-electron chi connectivity index (χ4n) is 3.98. The monoisotopic (exact) mass is 377 g/mol. The van der Waals surface area contributed by atoms with E-state index in [0.29, 0.717) is 23.3 Å². The van der Waals surface area contributed by atoms with E-state index in [9.17, 15) is 4.79 Å². The average molecular weight is 377 g/mol. The lowest BCUT2D eigenvalue weighted by molar-refractivity contribution is 0.0768. The van der Waals surface area contributed by atoms with Crippen LogP contribution in [-0.4, -0.2) is 45.4 Å². The number of rotatable bonds is 5. The molecule has 2 fully saturated rings. The number of likely N-dealkylation sites (tertiary alicyclic amines) is 1. The molecular weight excluding hydrogens is 358 g/mol. The Kier molecular flexibility index (Phi) is 4.09. The van der Waals surface area contributed by atoms with Gasteiger partial charge in [-0.15, -0.1) is 11.3 Å². The fraction of sp³-hybridized carbons (Fsp3) is 0.300. The summed E-state index contributed by atoms with van der Waals surface area (Å²) in [5, 5.41) is 6.44. The quantitative estimate of drug-likeness (QED) is 0.740. The highest BCUT2D eigenvalue weighted by molar-refractivity contribution is 7.14. The number of hydrogen-bond acceptors (Lipinski definition) is 6. The summed E-state index contributed by atoms with van der Waals surface area (Å²) < 4.78 is 0. The van der Waals surface area contributed by atoms with E-state index in [1.807, 2.05) is 40.6 Å². The highest BCUT2D eigenvalue weighted by Gasteiger charge is 2.56. The van der Waals surface area contributed by atoms with E-state index in [1.54, 1.807) is 29.9 Å². The molecule has 136 valence electrons. The van der Waals surface area contributed by atoms with Crippen LogP contribution in [-0.2, 0) is 0 Å². The van der Waals surface area contributed by atoms with Crippen molar-refractivity contribution in [2.75, 3.05) is 25.0 Å². The average Bonchev–Trinajstić information content (AvgIpc) is 3.10. The molecule has 1 amide bonds. The van der Waals surface area contributed by atoms with Crippen LogP contribution < -0.4 is 5.32 Å². The summed E-state index contributed by atoms with van der Waals surface area (Å²) in [5.41, 5.74) is 2.49. The zero-order chi connectivity index (χ0) is 18.2. The molecule has 0 bridgehead atoms. The zero-order valence-electron chi connectivity index (χ0n) is 14.7. The third kappa shape index (κ3) is 3.19. The molecule has 0 spiro atoms. The van der Waals surface area contributed by atoms with Crippen molar-refractivity contribution in [3.8, 4) is 11.4 Å². The van der Waals surface area contributed by atoms with Gasteiger partial charge in [0, 0.05) is 43.6 Å². The second-order valence-corrected chi connectivity index (χ2v) is 7.94. The van der Waals surface area contributed by atoms with E-state index in [2.05, 4.69) is 20.3 Å². The third-order valence-electron chi connectivity index (χ3n) is 5.49. The van der Waals surface area contributed by atoms with Gasteiger partial charge in [-0.1, -0.05) is 6.07 Å². The van der Waals surface area contributed by atoms with Crippen molar-refractivity contribution in [1.29, 1.82) is 0 Å². The van der Waals surface area contributed by atoms with Gasteiger partial charge in [-0.2, -0.15) is 0 Å². The number of amides is 1. The van der Waals surface area contributed by atoms with E-state index in [0.717, 1.165) is 36.2 Å². The first kappa shape index (κ1) is 16.4. The number of nitrogens with one attached hydrogen (secondary N) is 1. The van der Waals surface area contributed by atoms with Crippen LogP contribution in [0.2, 0.25) is 0 Å². The van der Waals surface area contributed by atoms with E-state index in [4.69, 9.17) is 0 Å². The summed E-state index contributed by atoms with van der Waals surface area (Å²) in [4.78, 5) is 27.5. The lowest BCUT2D eigenvalue weighted by Crippen LogP contribution is -2.32. The Hall–Kier alpha value is -2.80. The van der Waals surface area contributed by atoms with Gasteiger partial charge in [0.15, 0.2) is 5.13 Å². The Morgan fingerprint density at radius 2 is 2.04 bits per heavy atom. The predicted molar refractivity (Wildman–Crippen MR) is 104 cm³/mol. The number of carbonyl (C=O) groups is 1. The van der Waals surface area contributed by atoms with Crippen LogP contribution in [0.15, 0.2) is 54.3 Å². The maximum Gasteiger partial charge on any atom is 0.255 e. The molecule has 3 aromatic rings. The minimum absolute atomic E-state index is 0.0990. The van der Waals surface area contributed by atoms with Crippen LogP contribution >= 0.6 is 11.3 Å². The van der Waals surface area contributed by atoms with Crippen molar-refractivity contribution in [1.82, 2.24) is 19.9 Å². The van der Waals surface area contributed by atoms with Gasteiger partial charge in [0.1, 0.15) is 5.69 Å². The molecule has 0 radical (unpaired) electrons. The van der Waals surface area contributed by atoms with Crippen molar-refractivity contribution >= 4 is 22.4 Å². The highest BCUT2D eigenvalue weighted by atomic mass is 32.1. The minimum Gasteiger partial charge on any atom is -0.361 e. The van der Waals surface area contributed by atoms with Crippen LogP contribution in [0.25, 0.3) is 11.4 Å². The molecule has 1 saturated carbocycles. The number of carbonyl (C=O) groups excluding carboxylic acids is 1. The van der Waals surface area contributed by atoms with Gasteiger partial charge >= 0.3 is 0 Å². The van der Waals surface area contributed by atoms with Gasteiger partial charge in [0.25, 0.3) is 5.91 Å². The predicted octanol–water partition coefficient (Wildman–Crippen LogP) is 3.03. The standard InChI is InChI=1S/C20H19N5OS/c26-19(13-4-3-6-21-8-13)25-10-15-14(16(15)11-25)9-23-20-24-18(12-27-20)17-5-1-2-7-22-17/h1-8,12,14-16H,9-11H2,(H,23,24)/t14?,15-,16+. The van der Waals surface area contributed by atoms with Crippen molar-refractivity contribution in [2.24, 2.45) is 17.8 Å². The summed E-state index contributed by atoms with van der Waals surface area (Å²) in [6.45, 7) is 2.61. The van der Waals surface area contributed by atoms with Crippen molar-refractivity contribution in [3.05, 3.63) is 59.9 Å². The normalized spacial score (nSPS) is 23.1. The van der Waals surface area contributed by atoms with Crippen LogP contribution in [0.3, 0.4) is 0 Å². The Morgan fingerprint density at radius 3 is 2.78 bits per heavy atom. The molecule has 1 saturated heterocycles. The molecule has 4 heterocycles. The summed E-state index contributed by atoms with van der Waals surface area (Å²) in [5.74, 6) is 1.94. The smallest absolute Gasteiger partial charge is 0.255 e. The Bertz CT molecular complexity index is 933. The van der Waals surface area contributed by atoms with E-state index < -0.39 is 0 Å². The lowest BCUT2D eigenvalue weighted by atomic mass is 10.2. The first-order chi connectivity index (χ1) is 13.3. The lowest BCUT2D eigenvalue weighted by Gasteiger charge is -2.19. The SMILES string of the molecule is O=C(c1cccnc1)N1C[C@@H]2C(CNc3nc(-c4ccccn4)cs3)[C@@H]2C1. The van der Waals surface area contributed by atoms with Crippen molar-refractivity contribution < 1.29 is 4.79 Å². The number of thiazole rings is 1. The number of aromatic nitrogens is 3. The second-order valence-electron chi connectivity index (χ2n) is 7.08. The van der Waals surface area contributed by atoms with Crippen molar-refractivity contribution in [2.45, 2.75) is 0 Å². The van der Waals surface area contributed by atoms with Gasteiger partial charge in [0.05, 0.1) is 11.3 Å². The Balaban J connectivity index is 1.14. The molecule has 3 aromatic heterocycles. The van der Waals surface area contributed by atoms with Gasteiger partial charge in [0.2, 0.25) is 0 Å². The second kappa shape index (κ2) is 6.74. The molecule has 2 aliphatic rings. The molecule has 0 aromatic carbocycles. The summed E-state index contributed by atoms with van der Waals surface area (Å²) in [7, 11) is 0. The topological polar surface area (TPSA) is 71.0 Å². The molecular formula is C20H19N5OS. The van der Waals surface area contributed by atoms with Gasteiger partial charge in [-0.25, -0.2) is 4.98 Å². The maximum atomic E-state index is 12.5. The fourth-order valence-corrected chi connectivity index (χ4v) is 4.70. The number of hydrogen-bond donors (Lipinski definition) is 1. The van der Waals surface area contributed by atoms with Gasteiger partial charge < -0.3 is 10.2 Å². The van der Waals surface area contributed by atoms with Crippen molar-refractivity contribution in [3.63, 3.8) is 0 Å². The Labute approximate surface area is 161 Å². The minimum atomic E-state index is 0.0990. The van der Waals surface area contributed by atoms with Crippen LogP contribution in [0.4, 0.5) is 5.13 Å². The molecule has 5 rings (SSSR count). The molecule has 7 heteroatoms. The van der Waals surface area contributed by atoms with Gasteiger partial charge in [-0.3, -0.25) is 14.8 Å². The molecule has 1 N–H and O–H groups in total. The first-order valence-electron chi connectivity index (χ1n) is 9.10. The van der Waals surface area contributed by atoms with E-state index >= 15 is 0 Å². The number of anilines is 1. The molecule has 6 nitrogen and oxygen atoms in total. The molecule has 1 unspecified atom stereocenters. The van der Waals surface area contributed by atoms with Crippen LogP contribution in [0.1, 0.15) is 10.4 Å². The number of piperidine rings is 1.